The lowest BCUT2D eigenvalue weighted by Gasteiger charge is -2.15. The summed E-state index contributed by atoms with van der Waals surface area (Å²) < 4.78 is 15.9. The highest BCUT2D eigenvalue weighted by atomic mass is 16.6. The van der Waals surface area contributed by atoms with Crippen LogP contribution >= 0.6 is 0 Å². The number of hydrogen-bond acceptors (Lipinski definition) is 6. The number of nitrogens with zero attached hydrogens (tertiary/aromatic N) is 1. The number of hydrogen-bond donors (Lipinski definition) is 0. The van der Waals surface area contributed by atoms with Gasteiger partial charge in [0.25, 0.3) is 5.69 Å². The molecule has 0 amide bonds. The Hall–Kier alpha value is -2.15. The van der Waals surface area contributed by atoms with E-state index in [-0.39, 0.29) is 23.1 Å². The number of methoxy groups -OCH3 is 1. The van der Waals surface area contributed by atoms with E-state index in [1.165, 1.54) is 19.2 Å². The largest absolute Gasteiger partial charge is 0.493 e. The van der Waals surface area contributed by atoms with Crippen LogP contribution in [-0.2, 0) is 4.74 Å². The Bertz CT molecular complexity index is 495. The fourth-order valence-corrected chi connectivity index (χ4v) is 1.85. The van der Waals surface area contributed by atoms with Crippen molar-refractivity contribution < 1.29 is 23.9 Å². The van der Waals surface area contributed by atoms with Crippen molar-refractivity contribution in [1.82, 2.24) is 0 Å². The summed E-state index contributed by atoms with van der Waals surface area (Å²) in [5.74, 6) is 0.537. The predicted octanol–water partition coefficient (Wildman–Crippen LogP) is 1.58. The molecule has 1 aliphatic rings. The number of rotatable bonds is 5. The molecule has 0 bridgehead atoms. The molecule has 7 heteroatoms. The summed E-state index contributed by atoms with van der Waals surface area (Å²) in [5, 5.41) is 10.9. The molecule has 102 valence electrons. The van der Waals surface area contributed by atoms with E-state index in [0.29, 0.717) is 31.7 Å². The third-order valence-electron chi connectivity index (χ3n) is 2.82. The van der Waals surface area contributed by atoms with E-state index >= 15 is 0 Å². The monoisotopic (exact) mass is 267 g/mol. The third kappa shape index (κ3) is 2.82. The molecule has 0 radical (unpaired) electrons. The Morgan fingerprint density at radius 3 is 2.79 bits per heavy atom. The normalized spacial score (nSPS) is 18.1. The molecule has 1 aromatic rings. The zero-order valence-corrected chi connectivity index (χ0v) is 10.3. The highest BCUT2D eigenvalue weighted by molar-refractivity contribution is 5.83. The summed E-state index contributed by atoms with van der Waals surface area (Å²) in [6.45, 7) is 1.04. The maximum absolute atomic E-state index is 10.9. The fourth-order valence-electron chi connectivity index (χ4n) is 1.85. The average molecular weight is 267 g/mol. The minimum Gasteiger partial charge on any atom is -0.493 e. The van der Waals surface area contributed by atoms with Gasteiger partial charge in [-0.1, -0.05) is 0 Å². The number of nitro groups is 1. The van der Waals surface area contributed by atoms with Crippen LogP contribution in [0.4, 0.5) is 5.69 Å². The van der Waals surface area contributed by atoms with Crippen molar-refractivity contribution in [3.8, 4) is 11.5 Å². The molecule has 1 fully saturated rings. The van der Waals surface area contributed by atoms with Gasteiger partial charge in [-0.2, -0.15) is 0 Å². The zero-order valence-electron chi connectivity index (χ0n) is 10.3. The number of carbonyl (C=O) groups is 1. The summed E-state index contributed by atoms with van der Waals surface area (Å²) in [5.41, 5.74) is -0.346. The Kier molecular flexibility index (Phi) is 3.96. The summed E-state index contributed by atoms with van der Waals surface area (Å²) in [6, 6.07) is 2.51. The number of aldehydes is 1. The zero-order chi connectivity index (χ0) is 13.8. The fraction of sp³-hybridized carbons (Fsp3) is 0.417. The molecular formula is C12H13NO6. The maximum Gasteiger partial charge on any atom is 0.283 e. The lowest BCUT2D eigenvalue weighted by Crippen LogP contribution is -2.16. The van der Waals surface area contributed by atoms with Crippen LogP contribution in [-0.4, -0.2) is 37.6 Å². The van der Waals surface area contributed by atoms with E-state index in [0.717, 1.165) is 0 Å². The molecular weight excluding hydrogens is 254 g/mol. The second-order valence-corrected chi connectivity index (χ2v) is 4.04. The van der Waals surface area contributed by atoms with Gasteiger partial charge in [0.2, 0.25) is 0 Å². The van der Waals surface area contributed by atoms with Gasteiger partial charge in [0, 0.05) is 12.5 Å². The minimum absolute atomic E-state index is 0.0446. The van der Waals surface area contributed by atoms with E-state index < -0.39 is 4.92 Å². The first-order valence-corrected chi connectivity index (χ1v) is 5.71. The van der Waals surface area contributed by atoms with Gasteiger partial charge in [0.1, 0.15) is 6.10 Å². The van der Waals surface area contributed by atoms with Gasteiger partial charge in [-0.05, 0) is 0 Å². The lowest BCUT2D eigenvalue weighted by molar-refractivity contribution is -0.385. The first-order chi connectivity index (χ1) is 9.15. The first kappa shape index (κ1) is 13.3. The third-order valence-corrected chi connectivity index (χ3v) is 2.82. The van der Waals surface area contributed by atoms with Crippen LogP contribution in [0.25, 0.3) is 0 Å². The SMILES string of the molecule is COc1cc(C=O)c([N+](=O)[O-])cc1OC1CCOC1. The van der Waals surface area contributed by atoms with Crippen molar-refractivity contribution in [2.24, 2.45) is 0 Å². The van der Waals surface area contributed by atoms with Crippen LogP contribution in [0.3, 0.4) is 0 Å². The molecule has 1 saturated heterocycles. The van der Waals surface area contributed by atoms with Crippen LogP contribution in [0.1, 0.15) is 16.8 Å². The summed E-state index contributed by atoms with van der Waals surface area (Å²) in [6.07, 6.45) is 0.978. The van der Waals surface area contributed by atoms with Gasteiger partial charge in [0.15, 0.2) is 17.8 Å². The summed E-state index contributed by atoms with van der Waals surface area (Å²) in [4.78, 5) is 21.1. The molecule has 19 heavy (non-hydrogen) atoms. The van der Waals surface area contributed by atoms with Crippen LogP contribution in [0.15, 0.2) is 12.1 Å². The van der Waals surface area contributed by atoms with Gasteiger partial charge in [-0.25, -0.2) is 0 Å². The predicted molar refractivity (Wildman–Crippen MR) is 64.9 cm³/mol. The molecule has 1 atom stereocenters. The second-order valence-electron chi connectivity index (χ2n) is 4.04. The Balaban J connectivity index is 2.36. The number of benzene rings is 1. The molecule has 2 rings (SSSR count). The molecule has 1 unspecified atom stereocenters. The second kappa shape index (κ2) is 5.66. The van der Waals surface area contributed by atoms with Crippen molar-refractivity contribution in [2.75, 3.05) is 20.3 Å². The lowest BCUT2D eigenvalue weighted by atomic mass is 10.1. The number of nitro benzene ring substituents is 1. The van der Waals surface area contributed by atoms with E-state index in [2.05, 4.69) is 0 Å². The van der Waals surface area contributed by atoms with Crippen LogP contribution < -0.4 is 9.47 Å². The standard InChI is InChI=1S/C12H13NO6/c1-17-11-4-8(6-14)10(13(15)16)5-12(11)19-9-2-3-18-7-9/h4-6,9H,2-3,7H2,1H3. The molecule has 0 aliphatic carbocycles. The summed E-state index contributed by atoms with van der Waals surface area (Å²) in [7, 11) is 1.41. The molecule has 0 N–H and O–H groups in total. The molecule has 0 saturated carbocycles. The molecule has 1 heterocycles. The van der Waals surface area contributed by atoms with Crippen molar-refractivity contribution in [3.63, 3.8) is 0 Å². The van der Waals surface area contributed by atoms with Crippen molar-refractivity contribution in [1.29, 1.82) is 0 Å². The molecule has 1 aliphatic heterocycles. The van der Waals surface area contributed by atoms with Crippen molar-refractivity contribution in [3.05, 3.63) is 27.8 Å². The van der Waals surface area contributed by atoms with Gasteiger partial charge >= 0.3 is 0 Å². The summed E-state index contributed by atoms with van der Waals surface area (Å²) >= 11 is 0. The van der Waals surface area contributed by atoms with E-state index in [1.54, 1.807) is 0 Å². The van der Waals surface area contributed by atoms with Gasteiger partial charge < -0.3 is 14.2 Å². The van der Waals surface area contributed by atoms with Gasteiger partial charge in [-0.3, -0.25) is 14.9 Å². The Labute approximate surface area is 109 Å². The number of ether oxygens (including phenoxy) is 3. The Morgan fingerprint density at radius 2 is 2.26 bits per heavy atom. The maximum atomic E-state index is 10.9. The van der Waals surface area contributed by atoms with E-state index in [4.69, 9.17) is 14.2 Å². The molecule has 7 nitrogen and oxygen atoms in total. The number of carbonyl (C=O) groups excluding carboxylic acids is 1. The van der Waals surface area contributed by atoms with E-state index in [9.17, 15) is 14.9 Å². The van der Waals surface area contributed by atoms with Gasteiger partial charge in [0.05, 0.1) is 36.9 Å². The molecule has 0 spiro atoms. The highest BCUT2D eigenvalue weighted by Gasteiger charge is 2.23. The highest BCUT2D eigenvalue weighted by Crippen LogP contribution is 2.35. The van der Waals surface area contributed by atoms with Crippen LogP contribution in [0, 0.1) is 10.1 Å². The van der Waals surface area contributed by atoms with Crippen LogP contribution in [0.5, 0.6) is 11.5 Å². The van der Waals surface area contributed by atoms with Crippen molar-refractivity contribution in [2.45, 2.75) is 12.5 Å². The average Bonchev–Trinajstić information content (AvgIpc) is 2.91. The molecule has 1 aromatic carbocycles. The smallest absolute Gasteiger partial charge is 0.283 e. The molecule has 0 aromatic heterocycles. The van der Waals surface area contributed by atoms with Crippen LogP contribution in [0.2, 0.25) is 0 Å². The first-order valence-electron chi connectivity index (χ1n) is 5.71. The van der Waals surface area contributed by atoms with E-state index in [1.807, 2.05) is 0 Å². The topological polar surface area (TPSA) is 87.9 Å². The van der Waals surface area contributed by atoms with Crippen molar-refractivity contribution >= 4 is 12.0 Å². The minimum atomic E-state index is -0.624. The quantitative estimate of drug-likeness (QED) is 0.457. The Morgan fingerprint density at radius 1 is 1.47 bits per heavy atom. The van der Waals surface area contributed by atoms with Gasteiger partial charge in [-0.15, -0.1) is 0 Å².